The molecule has 0 radical (unpaired) electrons. The normalized spacial score (nSPS) is 21.3. The average Bonchev–Trinajstić information content (AvgIpc) is 3.00. The van der Waals surface area contributed by atoms with E-state index in [1.807, 2.05) is 0 Å². The van der Waals surface area contributed by atoms with Gasteiger partial charge >= 0.3 is 5.97 Å². The highest BCUT2D eigenvalue weighted by molar-refractivity contribution is 7.89. The predicted molar refractivity (Wildman–Crippen MR) is 127 cm³/mol. The van der Waals surface area contributed by atoms with Gasteiger partial charge in [-0.05, 0) is 46.5 Å². The molecule has 33 heavy (non-hydrogen) atoms. The Morgan fingerprint density at radius 2 is 1.64 bits per heavy atom. The van der Waals surface area contributed by atoms with Crippen LogP contribution in [0.5, 0.6) is 0 Å². The van der Waals surface area contributed by atoms with Gasteiger partial charge < -0.3 is 14.6 Å². The van der Waals surface area contributed by atoms with Crippen molar-refractivity contribution in [3.05, 3.63) is 17.0 Å². The van der Waals surface area contributed by atoms with Crippen LogP contribution in [0.4, 0.5) is 0 Å². The van der Waals surface area contributed by atoms with Gasteiger partial charge in [-0.3, -0.25) is 4.79 Å². The van der Waals surface area contributed by atoms with Gasteiger partial charge in [0.2, 0.25) is 15.9 Å². The molecule has 8 nitrogen and oxygen atoms in total. The summed E-state index contributed by atoms with van der Waals surface area (Å²) in [6.45, 7) is 5.76. The Morgan fingerprint density at radius 1 is 1.00 bits per heavy atom. The number of piperidine rings is 1. The van der Waals surface area contributed by atoms with Crippen LogP contribution < -0.4 is 5.32 Å². The van der Waals surface area contributed by atoms with Crippen LogP contribution in [0.1, 0.15) is 86.5 Å². The van der Waals surface area contributed by atoms with Crippen molar-refractivity contribution >= 4 is 21.9 Å². The lowest BCUT2D eigenvalue weighted by Crippen LogP contribution is -2.47. The third kappa shape index (κ3) is 5.62. The number of ether oxygens (including phenoxy) is 1. The molecule has 3 rings (SSSR count). The minimum Gasteiger partial charge on any atom is -0.462 e. The summed E-state index contributed by atoms with van der Waals surface area (Å²) in [5.41, 5.74) is 1.15. The molecule has 1 N–H and O–H groups in total. The maximum atomic E-state index is 13.7. The van der Waals surface area contributed by atoms with Crippen LogP contribution in [0.2, 0.25) is 0 Å². The number of hydrogen-bond donors (Lipinski definition) is 1. The van der Waals surface area contributed by atoms with Crippen molar-refractivity contribution < 1.29 is 22.7 Å². The van der Waals surface area contributed by atoms with Gasteiger partial charge in [0.05, 0.1) is 12.5 Å². The summed E-state index contributed by atoms with van der Waals surface area (Å²) >= 11 is 0. The Balaban J connectivity index is 1.80. The third-order valence-electron chi connectivity index (χ3n) is 7.21. The molecule has 0 aromatic carbocycles. The van der Waals surface area contributed by atoms with Gasteiger partial charge in [0, 0.05) is 37.6 Å². The molecular weight excluding hydrogens is 442 g/mol. The number of esters is 1. The lowest BCUT2D eigenvalue weighted by Gasteiger charge is -2.32. The predicted octanol–water partition coefficient (Wildman–Crippen LogP) is 3.45. The molecule has 0 spiro atoms. The van der Waals surface area contributed by atoms with Crippen molar-refractivity contribution in [1.29, 1.82) is 0 Å². The molecular formula is C24H39N3O5S. The van der Waals surface area contributed by atoms with Gasteiger partial charge in [-0.25, -0.2) is 13.2 Å². The molecule has 1 saturated heterocycles. The van der Waals surface area contributed by atoms with E-state index in [9.17, 15) is 18.0 Å². The van der Waals surface area contributed by atoms with E-state index in [2.05, 4.69) is 5.32 Å². The zero-order chi connectivity index (χ0) is 24.2. The summed E-state index contributed by atoms with van der Waals surface area (Å²) in [4.78, 5) is 25.7. The maximum absolute atomic E-state index is 13.7. The molecule has 1 aromatic heterocycles. The second-order valence-corrected chi connectivity index (χ2v) is 11.3. The van der Waals surface area contributed by atoms with Crippen molar-refractivity contribution in [2.45, 2.75) is 89.5 Å². The molecule has 1 aliphatic heterocycles. The molecule has 1 atom stereocenters. The van der Waals surface area contributed by atoms with Crippen molar-refractivity contribution in [2.24, 2.45) is 13.0 Å². The Kier molecular flexibility index (Phi) is 8.61. The second-order valence-electron chi connectivity index (χ2n) is 9.41. The van der Waals surface area contributed by atoms with Gasteiger partial charge in [0.1, 0.15) is 10.5 Å². The number of carbonyl (C=O) groups excluding carboxylic acids is 2. The lowest BCUT2D eigenvalue weighted by molar-refractivity contribution is -0.126. The summed E-state index contributed by atoms with van der Waals surface area (Å²) in [5, 5.41) is 3.20. The fourth-order valence-electron chi connectivity index (χ4n) is 5.10. The van der Waals surface area contributed by atoms with Crippen molar-refractivity contribution in [2.75, 3.05) is 19.7 Å². The van der Waals surface area contributed by atoms with Crippen LogP contribution in [-0.4, -0.2) is 54.9 Å². The summed E-state index contributed by atoms with van der Waals surface area (Å²) < 4.78 is 35.7. The van der Waals surface area contributed by atoms with E-state index >= 15 is 0 Å². The highest BCUT2D eigenvalue weighted by atomic mass is 32.2. The van der Waals surface area contributed by atoms with Crippen LogP contribution in [0.3, 0.4) is 0 Å². The first-order chi connectivity index (χ1) is 15.7. The van der Waals surface area contributed by atoms with Crippen LogP contribution in [0.15, 0.2) is 4.90 Å². The Hall–Kier alpha value is -1.87. The number of hydrogen-bond acceptors (Lipinski definition) is 5. The van der Waals surface area contributed by atoms with Gasteiger partial charge in [0.15, 0.2) is 0 Å². The Morgan fingerprint density at radius 3 is 2.27 bits per heavy atom. The van der Waals surface area contributed by atoms with Crippen LogP contribution >= 0.6 is 0 Å². The zero-order valence-electron chi connectivity index (χ0n) is 20.5. The van der Waals surface area contributed by atoms with Gasteiger partial charge in [0.25, 0.3) is 0 Å². The molecule has 1 aliphatic carbocycles. The first-order valence-corrected chi connectivity index (χ1v) is 13.8. The van der Waals surface area contributed by atoms with E-state index < -0.39 is 16.0 Å². The highest BCUT2D eigenvalue weighted by Gasteiger charge is 2.39. The van der Waals surface area contributed by atoms with E-state index in [0.717, 1.165) is 25.7 Å². The number of aromatic nitrogens is 1. The average molecular weight is 482 g/mol. The molecule has 0 bridgehead atoms. The first-order valence-electron chi connectivity index (χ1n) is 12.3. The van der Waals surface area contributed by atoms with E-state index in [0.29, 0.717) is 30.8 Å². The molecule has 2 fully saturated rings. The first kappa shape index (κ1) is 25.7. The van der Waals surface area contributed by atoms with Crippen LogP contribution in [0.25, 0.3) is 0 Å². The van der Waals surface area contributed by atoms with Crippen LogP contribution in [0, 0.1) is 19.8 Å². The van der Waals surface area contributed by atoms with Crippen LogP contribution in [-0.2, 0) is 26.6 Å². The second kappa shape index (κ2) is 11.0. The molecule has 1 aromatic rings. The number of rotatable bonds is 6. The third-order valence-corrected chi connectivity index (χ3v) is 9.23. The fraction of sp³-hybridized carbons (Fsp3) is 0.750. The van der Waals surface area contributed by atoms with Gasteiger partial charge in [-0.15, -0.1) is 0 Å². The molecule has 1 amide bonds. The summed E-state index contributed by atoms with van der Waals surface area (Å²) in [6, 6.07) is 0.180. The standard InChI is InChI=1S/C24H39N3O5S/c1-5-32-24(29)21-17(2)26(4)18(3)22(21)33(30,31)27-15-11-12-19(16-27)23(28)25-20-13-9-7-6-8-10-14-20/h19-20H,5-16H2,1-4H3,(H,25,28). The highest BCUT2D eigenvalue weighted by Crippen LogP contribution is 2.32. The zero-order valence-corrected chi connectivity index (χ0v) is 21.3. The lowest BCUT2D eigenvalue weighted by atomic mass is 9.94. The SMILES string of the molecule is CCOC(=O)c1c(S(=O)(=O)N2CCCC(C(=O)NC3CCCCCCC3)C2)c(C)n(C)c1C. The van der Waals surface area contributed by atoms with Crippen molar-refractivity contribution in [3.63, 3.8) is 0 Å². The van der Waals surface area contributed by atoms with Crippen molar-refractivity contribution in [1.82, 2.24) is 14.2 Å². The molecule has 2 aliphatic rings. The largest absolute Gasteiger partial charge is 0.462 e. The number of sulfonamides is 1. The Bertz CT molecular complexity index is 961. The van der Waals surface area contributed by atoms with E-state index in [-0.39, 0.29) is 41.5 Å². The smallest absolute Gasteiger partial charge is 0.341 e. The monoisotopic (exact) mass is 481 g/mol. The Labute approximate surface area is 198 Å². The van der Waals surface area contributed by atoms with E-state index in [1.165, 1.54) is 23.6 Å². The minimum atomic E-state index is -3.97. The molecule has 186 valence electrons. The number of amides is 1. The fourth-order valence-corrected chi connectivity index (χ4v) is 7.10. The summed E-state index contributed by atoms with van der Waals surface area (Å²) in [7, 11) is -2.22. The molecule has 1 saturated carbocycles. The van der Waals surface area contributed by atoms with E-state index in [1.54, 1.807) is 32.4 Å². The minimum absolute atomic E-state index is 0.00188. The van der Waals surface area contributed by atoms with Gasteiger partial charge in [-0.1, -0.05) is 32.1 Å². The van der Waals surface area contributed by atoms with Gasteiger partial charge in [-0.2, -0.15) is 4.31 Å². The topological polar surface area (TPSA) is 97.7 Å². The summed E-state index contributed by atoms with van der Waals surface area (Å²) in [6.07, 6.45) is 9.20. The molecule has 9 heteroatoms. The summed E-state index contributed by atoms with van der Waals surface area (Å²) in [5.74, 6) is -1.06. The van der Waals surface area contributed by atoms with Crippen molar-refractivity contribution in [3.8, 4) is 0 Å². The quantitative estimate of drug-likeness (QED) is 0.628. The number of carbonyl (C=O) groups is 2. The maximum Gasteiger partial charge on any atom is 0.341 e. The molecule has 1 unspecified atom stereocenters. The number of nitrogens with zero attached hydrogens (tertiary/aromatic N) is 2. The van der Waals surface area contributed by atoms with E-state index in [4.69, 9.17) is 4.74 Å². The molecule has 2 heterocycles. The number of nitrogens with one attached hydrogen (secondary N) is 1.